The van der Waals surface area contributed by atoms with E-state index in [9.17, 15) is 9.18 Å². The van der Waals surface area contributed by atoms with Crippen molar-refractivity contribution in [1.82, 2.24) is 5.32 Å². The minimum Gasteiger partial charge on any atom is -0.483 e. The zero-order valence-corrected chi connectivity index (χ0v) is 13.6. The average molecular weight is 366 g/mol. The molecule has 0 aromatic heterocycles. The van der Waals surface area contributed by atoms with Crippen LogP contribution in [0.4, 0.5) is 4.39 Å². The average Bonchev–Trinajstić information content (AvgIpc) is 2.39. The SMILES string of the molecule is CSC(CO)C(C)NC(=O)COc1ccc(F)cc1Br. The first-order valence-electron chi connectivity index (χ1n) is 5.98. The highest BCUT2D eigenvalue weighted by Crippen LogP contribution is 2.25. The molecule has 20 heavy (non-hydrogen) atoms. The first-order valence-corrected chi connectivity index (χ1v) is 8.07. The summed E-state index contributed by atoms with van der Waals surface area (Å²) in [6, 6.07) is 3.82. The molecule has 0 saturated carbocycles. The molecule has 2 unspecified atom stereocenters. The van der Waals surface area contributed by atoms with Crippen molar-refractivity contribution in [1.29, 1.82) is 0 Å². The number of carbonyl (C=O) groups is 1. The van der Waals surface area contributed by atoms with Crippen molar-refractivity contribution < 1.29 is 19.0 Å². The molecule has 0 fully saturated rings. The van der Waals surface area contributed by atoms with Crippen LogP contribution in [0.3, 0.4) is 0 Å². The van der Waals surface area contributed by atoms with E-state index >= 15 is 0 Å². The van der Waals surface area contributed by atoms with Crippen LogP contribution in [-0.2, 0) is 4.79 Å². The van der Waals surface area contributed by atoms with Crippen LogP contribution < -0.4 is 10.1 Å². The fraction of sp³-hybridized carbons (Fsp3) is 0.462. The standard InChI is InChI=1S/C13H17BrFNO3S/c1-8(12(6-17)20-2)16-13(18)7-19-11-4-3-9(15)5-10(11)14/h3-5,8,12,17H,6-7H2,1-2H3,(H,16,18). The summed E-state index contributed by atoms with van der Waals surface area (Å²) in [6.07, 6.45) is 1.87. The predicted molar refractivity (Wildman–Crippen MR) is 81.6 cm³/mol. The van der Waals surface area contributed by atoms with Crippen molar-refractivity contribution in [3.8, 4) is 5.75 Å². The van der Waals surface area contributed by atoms with Gasteiger partial charge in [-0.3, -0.25) is 4.79 Å². The number of halogens is 2. The highest BCUT2D eigenvalue weighted by molar-refractivity contribution is 9.10. The number of ether oxygens (including phenoxy) is 1. The van der Waals surface area contributed by atoms with E-state index in [2.05, 4.69) is 21.2 Å². The van der Waals surface area contributed by atoms with Crippen LogP contribution in [0.5, 0.6) is 5.75 Å². The Morgan fingerprint density at radius 3 is 2.85 bits per heavy atom. The Labute approximate surface area is 130 Å². The monoisotopic (exact) mass is 365 g/mol. The number of nitrogens with one attached hydrogen (secondary N) is 1. The van der Waals surface area contributed by atoms with E-state index in [4.69, 9.17) is 9.84 Å². The lowest BCUT2D eigenvalue weighted by Crippen LogP contribution is -2.43. The fourth-order valence-electron chi connectivity index (χ4n) is 1.56. The second kappa shape index (κ2) is 8.49. The molecule has 1 aromatic carbocycles. The quantitative estimate of drug-likeness (QED) is 0.777. The van der Waals surface area contributed by atoms with Crippen molar-refractivity contribution in [2.75, 3.05) is 19.5 Å². The first-order chi connectivity index (χ1) is 9.47. The Morgan fingerprint density at radius 2 is 2.30 bits per heavy atom. The number of carbonyl (C=O) groups excluding carboxylic acids is 1. The summed E-state index contributed by atoms with van der Waals surface area (Å²) in [5.41, 5.74) is 0. The van der Waals surface area contributed by atoms with Gasteiger partial charge in [-0.15, -0.1) is 0 Å². The summed E-state index contributed by atoms with van der Waals surface area (Å²) < 4.78 is 18.7. The molecule has 0 bridgehead atoms. The van der Waals surface area contributed by atoms with Crippen molar-refractivity contribution in [2.24, 2.45) is 0 Å². The fourth-order valence-corrected chi connectivity index (χ4v) is 2.65. The number of amides is 1. The molecule has 1 amide bonds. The predicted octanol–water partition coefficient (Wildman–Crippen LogP) is 2.20. The van der Waals surface area contributed by atoms with Crippen LogP contribution in [0.2, 0.25) is 0 Å². The van der Waals surface area contributed by atoms with Crippen LogP contribution in [0, 0.1) is 5.82 Å². The first kappa shape index (κ1) is 17.3. The van der Waals surface area contributed by atoms with Gasteiger partial charge in [0.05, 0.1) is 11.1 Å². The number of benzene rings is 1. The second-order valence-electron chi connectivity index (χ2n) is 4.18. The lowest BCUT2D eigenvalue weighted by molar-refractivity contribution is -0.123. The van der Waals surface area contributed by atoms with Gasteiger partial charge < -0.3 is 15.2 Å². The molecule has 4 nitrogen and oxygen atoms in total. The molecule has 1 aromatic rings. The van der Waals surface area contributed by atoms with Crippen LogP contribution in [0.15, 0.2) is 22.7 Å². The smallest absolute Gasteiger partial charge is 0.258 e. The highest BCUT2D eigenvalue weighted by atomic mass is 79.9. The van der Waals surface area contributed by atoms with Gasteiger partial charge in [0.2, 0.25) is 0 Å². The number of hydrogen-bond donors (Lipinski definition) is 2. The molecule has 2 atom stereocenters. The molecule has 2 N–H and O–H groups in total. The van der Waals surface area contributed by atoms with Gasteiger partial charge in [-0.1, -0.05) is 0 Å². The molecule has 7 heteroatoms. The number of aliphatic hydroxyl groups excluding tert-OH is 1. The maximum absolute atomic E-state index is 12.9. The normalized spacial score (nSPS) is 13.7. The second-order valence-corrected chi connectivity index (χ2v) is 6.11. The summed E-state index contributed by atoms with van der Waals surface area (Å²) in [7, 11) is 0. The zero-order valence-electron chi connectivity index (χ0n) is 11.2. The van der Waals surface area contributed by atoms with Gasteiger partial charge in [0, 0.05) is 11.3 Å². The van der Waals surface area contributed by atoms with Crippen molar-refractivity contribution in [3.05, 3.63) is 28.5 Å². The zero-order chi connectivity index (χ0) is 15.1. The van der Waals surface area contributed by atoms with E-state index in [1.54, 1.807) is 0 Å². The summed E-state index contributed by atoms with van der Waals surface area (Å²) in [4.78, 5) is 11.7. The van der Waals surface area contributed by atoms with Crippen LogP contribution in [0.25, 0.3) is 0 Å². The van der Waals surface area contributed by atoms with Gasteiger partial charge in [-0.2, -0.15) is 11.8 Å². The summed E-state index contributed by atoms with van der Waals surface area (Å²) >= 11 is 4.64. The van der Waals surface area contributed by atoms with Gasteiger partial charge in [0.25, 0.3) is 5.91 Å². The third kappa shape index (κ3) is 5.30. The summed E-state index contributed by atoms with van der Waals surface area (Å²) in [5, 5.41) is 11.8. The van der Waals surface area contributed by atoms with Crippen molar-refractivity contribution >= 4 is 33.6 Å². The molecule has 0 spiro atoms. The maximum atomic E-state index is 12.9. The van der Waals surface area contributed by atoms with Crippen molar-refractivity contribution in [2.45, 2.75) is 18.2 Å². The lowest BCUT2D eigenvalue weighted by atomic mass is 10.2. The van der Waals surface area contributed by atoms with E-state index in [0.29, 0.717) is 10.2 Å². The highest BCUT2D eigenvalue weighted by Gasteiger charge is 2.17. The molecular weight excluding hydrogens is 349 g/mol. The lowest BCUT2D eigenvalue weighted by Gasteiger charge is -2.21. The van der Waals surface area contributed by atoms with E-state index in [1.807, 2.05) is 13.2 Å². The molecule has 0 heterocycles. The molecule has 1 rings (SSSR count). The van der Waals surface area contributed by atoms with Crippen molar-refractivity contribution in [3.63, 3.8) is 0 Å². The van der Waals surface area contributed by atoms with Gasteiger partial charge in [0.1, 0.15) is 11.6 Å². The van der Waals surface area contributed by atoms with E-state index in [0.717, 1.165) is 0 Å². The van der Waals surface area contributed by atoms with Gasteiger partial charge in [-0.25, -0.2) is 4.39 Å². The number of aliphatic hydroxyl groups is 1. The van der Waals surface area contributed by atoms with E-state index in [1.165, 1.54) is 30.0 Å². The minimum atomic E-state index is -0.381. The third-order valence-corrected chi connectivity index (χ3v) is 4.46. The Bertz CT molecular complexity index is 457. The van der Waals surface area contributed by atoms with Crippen LogP contribution in [0.1, 0.15) is 6.92 Å². The molecule has 0 radical (unpaired) electrons. The van der Waals surface area contributed by atoms with Gasteiger partial charge in [0.15, 0.2) is 6.61 Å². The Morgan fingerprint density at radius 1 is 1.60 bits per heavy atom. The van der Waals surface area contributed by atoms with Gasteiger partial charge in [-0.05, 0) is 47.3 Å². The molecule has 0 saturated heterocycles. The number of thioether (sulfide) groups is 1. The Hall–Kier alpha value is -0.790. The van der Waals surface area contributed by atoms with Gasteiger partial charge >= 0.3 is 0 Å². The molecule has 0 aliphatic rings. The van der Waals surface area contributed by atoms with Crippen LogP contribution >= 0.6 is 27.7 Å². The number of hydrogen-bond acceptors (Lipinski definition) is 4. The summed E-state index contributed by atoms with van der Waals surface area (Å²) in [5.74, 6) is -0.271. The molecule has 112 valence electrons. The topological polar surface area (TPSA) is 58.6 Å². The largest absolute Gasteiger partial charge is 0.483 e. The Balaban J connectivity index is 2.47. The minimum absolute atomic E-state index is 0.00696. The summed E-state index contributed by atoms with van der Waals surface area (Å²) in [6.45, 7) is 1.65. The molecule has 0 aliphatic carbocycles. The number of rotatable bonds is 7. The molecular formula is C13H17BrFNO3S. The van der Waals surface area contributed by atoms with E-state index < -0.39 is 0 Å². The third-order valence-electron chi connectivity index (χ3n) is 2.68. The van der Waals surface area contributed by atoms with E-state index in [-0.39, 0.29) is 36.2 Å². The molecule has 0 aliphatic heterocycles. The maximum Gasteiger partial charge on any atom is 0.258 e. The Kier molecular flexibility index (Phi) is 7.32. The van der Waals surface area contributed by atoms with Crippen LogP contribution in [-0.4, -0.2) is 41.8 Å².